The average Bonchev–Trinajstić information content (AvgIpc) is 2.89. The Morgan fingerprint density at radius 1 is 1.18 bits per heavy atom. The lowest BCUT2D eigenvalue weighted by molar-refractivity contribution is -0.132. The standard InChI is InChI=1S/C15H16N4O2S/c1-19-8-7-11-12(9-19)22-15(17-11)18-14(21)13(20)16-10-5-3-2-4-6-10/h2-6H,7-9H2,1H3,(H,16,20)(H,17,18,21). The Hall–Kier alpha value is -2.25. The summed E-state index contributed by atoms with van der Waals surface area (Å²) in [6, 6.07) is 8.87. The Kier molecular flexibility index (Phi) is 4.17. The SMILES string of the molecule is CN1CCc2nc(NC(=O)C(=O)Nc3ccccc3)sc2C1. The zero-order valence-electron chi connectivity index (χ0n) is 12.1. The van der Waals surface area contributed by atoms with E-state index in [-0.39, 0.29) is 0 Å². The highest BCUT2D eigenvalue weighted by atomic mass is 32.1. The molecular formula is C15H16N4O2S. The van der Waals surface area contributed by atoms with Crippen molar-refractivity contribution in [3.63, 3.8) is 0 Å². The number of fused-ring (bicyclic) bond motifs is 1. The van der Waals surface area contributed by atoms with Crippen LogP contribution in [0.5, 0.6) is 0 Å². The van der Waals surface area contributed by atoms with Crippen LogP contribution in [0.1, 0.15) is 10.6 Å². The number of carbonyl (C=O) groups excluding carboxylic acids is 2. The van der Waals surface area contributed by atoms with E-state index in [1.165, 1.54) is 11.3 Å². The van der Waals surface area contributed by atoms with Crippen LogP contribution in [0.15, 0.2) is 30.3 Å². The number of para-hydroxylation sites is 1. The molecule has 0 spiro atoms. The number of nitrogens with one attached hydrogen (secondary N) is 2. The van der Waals surface area contributed by atoms with Gasteiger partial charge in [-0.2, -0.15) is 0 Å². The fourth-order valence-electron chi connectivity index (χ4n) is 2.24. The van der Waals surface area contributed by atoms with Crippen molar-refractivity contribution in [3.8, 4) is 0 Å². The van der Waals surface area contributed by atoms with E-state index in [1.54, 1.807) is 24.3 Å². The second-order valence-corrected chi connectivity index (χ2v) is 6.23. The molecule has 2 amide bonds. The van der Waals surface area contributed by atoms with Crippen molar-refractivity contribution in [2.45, 2.75) is 13.0 Å². The highest BCUT2D eigenvalue weighted by Gasteiger charge is 2.21. The fraction of sp³-hybridized carbons (Fsp3) is 0.267. The third-order valence-corrected chi connectivity index (χ3v) is 4.38. The lowest BCUT2D eigenvalue weighted by atomic mass is 10.2. The van der Waals surface area contributed by atoms with Crippen LogP contribution in [0, 0.1) is 0 Å². The second kappa shape index (κ2) is 6.25. The van der Waals surface area contributed by atoms with Gasteiger partial charge in [0.05, 0.1) is 5.69 Å². The van der Waals surface area contributed by atoms with Crippen LogP contribution in [0.3, 0.4) is 0 Å². The maximum absolute atomic E-state index is 11.9. The minimum atomic E-state index is -0.705. The third kappa shape index (κ3) is 3.32. The Balaban J connectivity index is 1.63. The van der Waals surface area contributed by atoms with E-state index < -0.39 is 11.8 Å². The number of aromatic nitrogens is 1. The van der Waals surface area contributed by atoms with Gasteiger partial charge in [-0.3, -0.25) is 14.9 Å². The van der Waals surface area contributed by atoms with Crippen LogP contribution >= 0.6 is 11.3 Å². The first-order valence-corrected chi connectivity index (χ1v) is 7.78. The number of carbonyl (C=O) groups is 2. The summed E-state index contributed by atoms with van der Waals surface area (Å²) in [6.45, 7) is 1.79. The molecule has 1 aliphatic rings. The molecule has 1 aromatic heterocycles. The minimum Gasteiger partial charge on any atom is -0.318 e. The summed E-state index contributed by atoms with van der Waals surface area (Å²) in [6.07, 6.45) is 0.869. The molecule has 0 radical (unpaired) electrons. The summed E-state index contributed by atoms with van der Waals surface area (Å²) in [5.74, 6) is -1.40. The van der Waals surface area contributed by atoms with E-state index >= 15 is 0 Å². The number of benzene rings is 1. The third-order valence-electron chi connectivity index (χ3n) is 3.38. The van der Waals surface area contributed by atoms with Gasteiger partial charge in [0.1, 0.15) is 0 Å². The maximum Gasteiger partial charge on any atom is 0.315 e. The lowest BCUT2D eigenvalue weighted by Gasteiger charge is -2.20. The summed E-state index contributed by atoms with van der Waals surface area (Å²) in [5, 5.41) is 5.60. The zero-order valence-corrected chi connectivity index (χ0v) is 12.9. The van der Waals surface area contributed by atoms with Crippen LogP contribution in [-0.2, 0) is 22.6 Å². The topological polar surface area (TPSA) is 74.3 Å². The van der Waals surface area contributed by atoms with Crippen LogP contribution in [0.25, 0.3) is 0 Å². The van der Waals surface area contributed by atoms with Gasteiger partial charge in [0.2, 0.25) is 0 Å². The van der Waals surface area contributed by atoms with Gasteiger partial charge < -0.3 is 10.2 Å². The molecule has 0 aliphatic carbocycles. The molecule has 22 heavy (non-hydrogen) atoms. The number of rotatable bonds is 2. The molecule has 0 saturated carbocycles. The van der Waals surface area contributed by atoms with Crippen LogP contribution in [-0.4, -0.2) is 35.3 Å². The van der Waals surface area contributed by atoms with Crippen molar-refractivity contribution >= 4 is 34.0 Å². The molecular weight excluding hydrogens is 300 g/mol. The van der Waals surface area contributed by atoms with E-state index in [9.17, 15) is 9.59 Å². The maximum atomic E-state index is 11.9. The lowest BCUT2D eigenvalue weighted by Crippen LogP contribution is -2.29. The molecule has 1 aliphatic heterocycles. The number of thiazole rings is 1. The van der Waals surface area contributed by atoms with E-state index in [4.69, 9.17) is 0 Å². The van der Waals surface area contributed by atoms with Crippen LogP contribution in [0.4, 0.5) is 10.8 Å². The van der Waals surface area contributed by atoms with Crippen molar-refractivity contribution in [2.75, 3.05) is 24.2 Å². The Morgan fingerprint density at radius 3 is 2.68 bits per heavy atom. The molecule has 7 heteroatoms. The van der Waals surface area contributed by atoms with Crippen molar-refractivity contribution in [2.24, 2.45) is 0 Å². The molecule has 0 fully saturated rings. The Morgan fingerprint density at radius 2 is 1.91 bits per heavy atom. The number of hydrogen-bond donors (Lipinski definition) is 2. The summed E-state index contributed by atoms with van der Waals surface area (Å²) >= 11 is 1.43. The summed E-state index contributed by atoms with van der Waals surface area (Å²) in [7, 11) is 2.05. The van der Waals surface area contributed by atoms with Gasteiger partial charge in [0.15, 0.2) is 5.13 Å². The molecule has 2 N–H and O–H groups in total. The van der Waals surface area contributed by atoms with Crippen molar-refractivity contribution in [1.29, 1.82) is 0 Å². The van der Waals surface area contributed by atoms with Crippen molar-refractivity contribution in [1.82, 2.24) is 9.88 Å². The number of nitrogens with zero attached hydrogens (tertiary/aromatic N) is 2. The molecule has 0 unspecified atom stereocenters. The first-order valence-electron chi connectivity index (χ1n) is 6.96. The first kappa shape index (κ1) is 14.7. The first-order chi connectivity index (χ1) is 10.6. The highest BCUT2D eigenvalue weighted by Crippen LogP contribution is 2.27. The minimum absolute atomic E-state index is 0.480. The van der Waals surface area contributed by atoms with Crippen LogP contribution in [0.2, 0.25) is 0 Å². The monoisotopic (exact) mass is 316 g/mol. The zero-order chi connectivity index (χ0) is 15.5. The largest absolute Gasteiger partial charge is 0.318 e. The molecule has 1 aromatic carbocycles. The number of hydrogen-bond acceptors (Lipinski definition) is 5. The molecule has 2 heterocycles. The second-order valence-electron chi connectivity index (χ2n) is 5.15. The molecule has 0 bridgehead atoms. The normalized spacial score (nSPS) is 14.2. The van der Waals surface area contributed by atoms with E-state index in [1.807, 2.05) is 13.1 Å². The smallest absolute Gasteiger partial charge is 0.315 e. The quantitative estimate of drug-likeness (QED) is 0.827. The van der Waals surface area contributed by atoms with Gasteiger partial charge in [-0.15, -0.1) is 11.3 Å². The van der Waals surface area contributed by atoms with Crippen molar-refractivity contribution in [3.05, 3.63) is 40.9 Å². The predicted octanol–water partition coefficient (Wildman–Crippen LogP) is 1.71. The van der Waals surface area contributed by atoms with Gasteiger partial charge in [-0.05, 0) is 19.2 Å². The Labute approximate surface area is 132 Å². The predicted molar refractivity (Wildman–Crippen MR) is 85.9 cm³/mol. The molecule has 2 aromatic rings. The fourth-order valence-corrected chi connectivity index (χ4v) is 3.32. The summed E-state index contributed by atoms with van der Waals surface area (Å²) in [5.41, 5.74) is 1.60. The highest BCUT2D eigenvalue weighted by molar-refractivity contribution is 7.16. The molecule has 0 atom stereocenters. The number of anilines is 2. The average molecular weight is 316 g/mol. The summed E-state index contributed by atoms with van der Waals surface area (Å²) < 4.78 is 0. The van der Waals surface area contributed by atoms with Crippen LogP contribution < -0.4 is 10.6 Å². The van der Waals surface area contributed by atoms with Gasteiger partial charge in [0, 0.05) is 30.1 Å². The molecule has 0 saturated heterocycles. The van der Waals surface area contributed by atoms with Gasteiger partial charge in [-0.25, -0.2) is 4.98 Å². The number of amides is 2. The van der Waals surface area contributed by atoms with E-state index in [0.717, 1.165) is 30.1 Å². The molecule has 114 valence electrons. The van der Waals surface area contributed by atoms with Crippen molar-refractivity contribution < 1.29 is 9.59 Å². The van der Waals surface area contributed by atoms with E-state index in [2.05, 4.69) is 20.5 Å². The van der Waals surface area contributed by atoms with Gasteiger partial charge >= 0.3 is 11.8 Å². The van der Waals surface area contributed by atoms with Gasteiger partial charge in [-0.1, -0.05) is 18.2 Å². The number of likely N-dealkylation sites (N-methyl/N-ethyl adjacent to an activating group) is 1. The van der Waals surface area contributed by atoms with E-state index in [0.29, 0.717) is 10.8 Å². The van der Waals surface area contributed by atoms with Gasteiger partial charge in [0.25, 0.3) is 0 Å². The Bertz CT molecular complexity index is 699. The molecule has 6 nitrogen and oxygen atoms in total. The summed E-state index contributed by atoms with van der Waals surface area (Å²) in [4.78, 5) is 31.5. The molecule has 3 rings (SSSR count).